The van der Waals surface area contributed by atoms with Crippen molar-refractivity contribution in [3.63, 3.8) is 0 Å². The minimum absolute atomic E-state index is 0.0168. The van der Waals surface area contributed by atoms with E-state index < -0.39 is 10.8 Å². The number of aryl methyl sites for hydroxylation is 1. The van der Waals surface area contributed by atoms with E-state index in [1.165, 1.54) is 12.1 Å². The van der Waals surface area contributed by atoms with Gasteiger partial charge in [-0.3, -0.25) is 19.9 Å². The van der Waals surface area contributed by atoms with Crippen LogP contribution in [0.3, 0.4) is 0 Å². The molecule has 0 aliphatic heterocycles. The summed E-state index contributed by atoms with van der Waals surface area (Å²) in [6, 6.07) is 6.23. The Bertz CT molecular complexity index is 699. The van der Waals surface area contributed by atoms with Crippen LogP contribution in [0.2, 0.25) is 0 Å². The van der Waals surface area contributed by atoms with Crippen LogP contribution in [-0.4, -0.2) is 29.4 Å². The highest BCUT2D eigenvalue weighted by Gasteiger charge is 2.14. The standard InChI is InChI=1S/C13H14N4O3/c1-8-5-12(16(2)7-13(14)18)10-6-9(17(19)20)3-4-11(10)15-8/h3-6H,7H2,1-2H3,(H2,14,18). The van der Waals surface area contributed by atoms with Gasteiger partial charge in [0.2, 0.25) is 5.91 Å². The molecule has 7 heteroatoms. The predicted molar refractivity (Wildman–Crippen MR) is 75.6 cm³/mol. The van der Waals surface area contributed by atoms with Gasteiger partial charge in [0.25, 0.3) is 5.69 Å². The van der Waals surface area contributed by atoms with Gasteiger partial charge in [0, 0.05) is 35.9 Å². The Kier molecular flexibility index (Phi) is 3.51. The lowest BCUT2D eigenvalue weighted by atomic mass is 10.1. The average Bonchev–Trinajstić information content (AvgIpc) is 2.36. The van der Waals surface area contributed by atoms with E-state index >= 15 is 0 Å². The Hall–Kier alpha value is -2.70. The molecule has 0 bridgehead atoms. The van der Waals surface area contributed by atoms with Crippen molar-refractivity contribution in [2.75, 3.05) is 18.5 Å². The molecule has 2 aromatic rings. The second-order valence-electron chi connectivity index (χ2n) is 4.56. The number of rotatable bonds is 4. The van der Waals surface area contributed by atoms with Crippen LogP contribution in [0.5, 0.6) is 0 Å². The van der Waals surface area contributed by atoms with Crippen molar-refractivity contribution in [1.29, 1.82) is 0 Å². The van der Waals surface area contributed by atoms with E-state index in [2.05, 4.69) is 4.98 Å². The van der Waals surface area contributed by atoms with Gasteiger partial charge in [-0.25, -0.2) is 0 Å². The molecule has 0 atom stereocenters. The Morgan fingerprint density at radius 2 is 2.15 bits per heavy atom. The maximum absolute atomic E-state index is 11.0. The first kappa shape index (κ1) is 13.7. The fourth-order valence-electron chi connectivity index (χ4n) is 2.07. The summed E-state index contributed by atoms with van der Waals surface area (Å²) in [5.74, 6) is -0.472. The lowest BCUT2D eigenvalue weighted by Gasteiger charge is -2.19. The zero-order chi connectivity index (χ0) is 14.9. The van der Waals surface area contributed by atoms with Crippen molar-refractivity contribution in [2.45, 2.75) is 6.92 Å². The molecular formula is C13H14N4O3. The SMILES string of the molecule is Cc1cc(N(C)CC(N)=O)c2cc([N+](=O)[O-])ccc2n1. The van der Waals surface area contributed by atoms with E-state index in [-0.39, 0.29) is 12.2 Å². The lowest BCUT2D eigenvalue weighted by Crippen LogP contribution is -2.30. The monoisotopic (exact) mass is 274 g/mol. The van der Waals surface area contributed by atoms with Gasteiger partial charge in [0.05, 0.1) is 17.0 Å². The molecule has 0 unspecified atom stereocenters. The number of nitrogens with two attached hydrogens (primary N) is 1. The van der Waals surface area contributed by atoms with E-state index in [1.54, 1.807) is 24.1 Å². The number of pyridine rings is 1. The van der Waals surface area contributed by atoms with E-state index in [9.17, 15) is 14.9 Å². The first-order valence-electron chi connectivity index (χ1n) is 5.93. The molecule has 2 N–H and O–H groups in total. The van der Waals surface area contributed by atoms with Gasteiger partial charge in [-0.05, 0) is 19.1 Å². The molecule has 20 heavy (non-hydrogen) atoms. The number of anilines is 1. The Labute approximate surface area is 115 Å². The third-order valence-electron chi connectivity index (χ3n) is 2.91. The maximum atomic E-state index is 11.0. The maximum Gasteiger partial charge on any atom is 0.270 e. The number of nitrogens with zero attached hydrogens (tertiary/aromatic N) is 3. The van der Waals surface area contributed by atoms with E-state index in [4.69, 9.17) is 5.73 Å². The number of carbonyl (C=O) groups is 1. The Morgan fingerprint density at radius 3 is 2.75 bits per heavy atom. The summed E-state index contributed by atoms with van der Waals surface area (Å²) in [4.78, 5) is 27.4. The quantitative estimate of drug-likeness (QED) is 0.670. The molecule has 1 amide bonds. The summed E-state index contributed by atoms with van der Waals surface area (Å²) >= 11 is 0. The van der Waals surface area contributed by atoms with Gasteiger partial charge in [-0.1, -0.05) is 0 Å². The van der Waals surface area contributed by atoms with E-state index in [0.717, 1.165) is 5.69 Å². The number of benzene rings is 1. The van der Waals surface area contributed by atoms with Crippen LogP contribution in [0.15, 0.2) is 24.3 Å². The minimum Gasteiger partial charge on any atom is -0.368 e. The smallest absolute Gasteiger partial charge is 0.270 e. The summed E-state index contributed by atoms with van der Waals surface area (Å²) < 4.78 is 0. The largest absolute Gasteiger partial charge is 0.368 e. The van der Waals surface area contributed by atoms with Crippen LogP contribution in [0.1, 0.15) is 5.69 Å². The molecule has 1 heterocycles. The number of fused-ring (bicyclic) bond motifs is 1. The molecule has 104 valence electrons. The van der Waals surface area contributed by atoms with Crippen LogP contribution >= 0.6 is 0 Å². The highest BCUT2D eigenvalue weighted by Crippen LogP contribution is 2.29. The van der Waals surface area contributed by atoms with Crippen LogP contribution in [0.4, 0.5) is 11.4 Å². The molecule has 2 rings (SSSR count). The second kappa shape index (κ2) is 5.12. The van der Waals surface area contributed by atoms with E-state index in [1.807, 2.05) is 6.92 Å². The molecule has 0 spiro atoms. The van der Waals surface area contributed by atoms with Crippen LogP contribution in [-0.2, 0) is 4.79 Å². The second-order valence-corrected chi connectivity index (χ2v) is 4.56. The summed E-state index contributed by atoms with van der Waals surface area (Å²) in [6.45, 7) is 1.85. The number of non-ortho nitro benzene ring substituents is 1. The number of hydrogen-bond acceptors (Lipinski definition) is 5. The van der Waals surface area contributed by atoms with Crippen LogP contribution in [0.25, 0.3) is 10.9 Å². The molecule has 0 saturated heterocycles. The van der Waals surface area contributed by atoms with Gasteiger partial charge < -0.3 is 10.6 Å². The van der Waals surface area contributed by atoms with Crippen molar-refractivity contribution in [3.05, 3.63) is 40.1 Å². The van der Waals surface area contributed by atoms with Gasteiger partial charge >= 0.3 is 0 Å². The van der Waals surface area contributed by atoms with Crippen molar-refractivity contribution < 1.29 is 9.72 Å². The number of amides is 1. The van der Waals surface area contributed by atoms with Gasteiger partial charge in [-0.15, -0.1) is 0 Å². The van der Waals surface area contributed by atoms with Gasteiger partial charge in [-0.2, -0.15) is 0 Å². The molecule has 1 aromatic carbocycles. The zero-order valence-corrected chi connectivity index (χ0v) is 11.2. The molecule has 1 aromatic heterocycles. The Balaban J connectivity index is 2.64. The van der Waals surface area contributed by atoms with E-state index in [0.29, 0.717) is 16.6 Å². The predicted octanol–water partition coefficient (Wildman–Crippen LogP) is 1.37. The molecule has 0 aliphatic carbocycles. The summed E-state index contributed by atoms with van der Waals surface area (Å²) in [7, 11) is 1.71. The fraction of sp³-hybridized carbons (Fsp3) is 0.231. The summed E-state index contributed by atoms with van der Waals surface area (Å²) in [5.41, 5.74) is 7.26. The normalized spacial score (nSPS) is 10.5. The number of nitro groups is 1. The molecule has 0 saturated carbocycles. The molecule has 0 radical (unpaired) electrons. The van der Waals surface area contributed by atoms with Crippen LogP contribution in [0, 0.1) is 17.0 Å². The third kappa shape index (κ3) is 2.66. The number of hydrogen-bond donors (Lipinski definition) is 1. The summed E-state index contributed by atoms with van der Waals surface area (Å²) in [6.07, 6.45) is 0. The summed E-state index contributed by atoms with van der Waals surface area (Å²) in [5, 5.41) is 11.5. The number of nitro benzene ring substituents is 1. The lowest BCUT2D eigenvalue weighted by molar-refractivity contribution is -0.384. The van der Waals surface area contributed by atoms with Crippen molar-refractivity contribution in [1.82, 2.24) is 4.98 Å². The Morgan fingerprint density at radius 1 is 1.45 bits per heavy atom. The highest BCUT2D eigenvalue weighted by atomic mass is 16.6. The van der Waals surface area contributed by atoms with Gasteiger partial charge in [0.15, 0.2) is 0 Å². The first-order chi connectivity index (χ1) is 9.38. The minimum atomic E-state index is -0.472. The number of primary amides is 1. The fourth-order valence-corrected chi connectivity index (χ4v) is 2.07. The topological polar surface area (TPSA) is 102 Å². The van der Waals surface area contributed by atoms with Crippen LogP contribution < -0.4 is 10.6 Å². The number of carbonyl (C=O) groups excluding carboxylic acids is 1. The number of aromatic nitrogens is 1. The molecule has 0 aliphatic rings. The highest BCUT2D eigenvalue weighted by molar-refractivity contribution is 5.94. The van der Waals surface area contributed by atoms with Crippen molar-refractivity contribution >= 4 is 28.2 Å². The molecular weight excluding hydrogens is 260 g/mol. The van der Waals surface area contributed by atoms with Crippen molar-refractivity contribution in [2.24, 2.45) is 5.73 Å². The molecule has 7 nitrogen and oxygen atoms in total. The zero-order valence-electron chi connectivity index (χ0n) is 11.2. The van der Waals surface area contributed by atoms with Gasteiger partial charge in [0.1, 0.15) is 0 Å². The number of likely N-dealkylation sites (N-methyl/N-ethyl adjacent to an activating group) is 1. The first-order valence-corrected chi connectivity index (χ1v) is 5.93. The van der Waals surface area contributed by atoms with Crippen molar-refractivity contribution in [3.8, 4) is 0 Å². The third-order valence-corrected chi connectivity index (χ3v) is 2.91. The molecule has 0 fully saturated rings. The average molecular weight is 274 g/mol.